The van der Waals surface area contributed by atoms with Gasteiger partial charge in [-0.3, -0.25) is 0 Å². The molecule has 2 rings (SSSR count). The molecule has 0 aromatic heterocycles. The highest BCUT2D eigenvalue weighted by Crippen LogP contribution is 2.16. The molecule has 0 aliphatic carbocycles. The molecule has 0 saturated heterocycles. The van der Waals surface area contributed by atoms with Gasteiger partial charge in [0, 0.05) is 6.04 Å². The highest BCUT2D eigenvalue weighted by Gasteiger charge is 2.08. The number of rotatable bonds is 6. The quantitative estimate of drug-likeness (QED) is 0.828. The van der Waals surface area contributed by atoms with Crippen molar-refractivity contribution in [3.63, 3.8) is 0 Å². The molecule has 0 aliphatic heterocycles. The predicted octanol–water partition coefficient (Wildman–Crippen LogP) is 3.46. The van der Waals surface area contributed by atoms with Crippen LogP contribution in [0.5, 0.6) is 0 Å². The summed E-state index contributed by atoms with van der Waals surface area (Å²) in [5.74, 6) is 0. The van der Waals surface area contributed by atoms with Crippen molar-refractivity contribution in [1.29, 1.82) is 0 Å². The van der Waals surface area contributed by atoms with Gasteiger partial charge in [-0.25, -0.2) is 0 Å². The molecule has 0 aliphatic rings. The van der Waals surface area contributed by atoms with Gasteiger partial charge in [0.1, 0.15) is 0 Å². The highest BCUT2D eigenvalue weighted by atomic mass is 16.3. The molecule has 0 fully saturated rings. The van der Waals surface area contributed by atoms with Gasteiger partial charge in [0.15, 0.2) is 0 Å². The fraction of sp³-hybridized carbons (Fsp3) is 0.294. The minimum absolute atomic E-state index is 0.309. The molecule has 2 unspecified atom stereocenters. The Kier molecular flexibility index (Phi) is 5.13. The van der Waals surface area contributed by atoms with Gasteiger partial charge in [0.25, 0.3) is 0 Å². The lowest BCUT2D eigenvalue weighted by Crippen LogP contribution is -2.21. The molecule has 0 spiro atoms. The van der Waals surface area contributed by atoms with Crippen LogP contribution in [0.2, 0.25) is 0 Å². The van der Waals surface area contributed by atoms with Crippen LogP contribution in [0.1, 0.15) is 36.6 Å². The smallest absolute Gasteiger partial charge is 0.0802 e. The van der Waals surface area contributed by atoms with E-state index in [0.717, 1.165) is 18.5 Å². The van der Waals surface area contributed by atoms with Crippen LogP contribution in [0.4, 0.5) is 0 Å². The average molecular weight is 255 g/mol. The molecule has 19 heavy (non-hydrogen) atoms. The first-order valence-corrected chi connectivity index (χ1v) is 6.78. The molecule has 2 heteroatoms. The van der Waals surface area contributed by atoms with Crippen molar-refractivity contribution >= 4 is 0 Å². The van der Waals surface area contributed by atoms with E-state index in [1.165, 1.54) is 5.56 Å². The van der Waals surface area contributed by atoms with E-state index in [0.29, 0.717) is 6.04 Å². The summed E-state index contributed by atoms with van der Waals surface area (Å²) in [5.41, 5.74) is 2.26. The van der Waals surface area contributed by atoms with Crippen molar-refractivity contribution in [3.8, 4) is 0 Å². The van der Waals surface area contributed by atoms with E-state index >= 15 is 0 Å². The summed E-state index contributed by atoms with van der Waals surface area (Å²) in [5, 5.41) is 13.5. The Morgan fingerprint density at radius 1 is 0.895 bits per heavy atom. The lowest BCUT2D eigenvalue weighted by Gasteiger charge is -2.16. The van der Waals surface area contributed by atoms with E-state index in [9.17, 15) is 5.11 Å². The van der Waals surface area contributed by atoms with Crippen LogP contribution in [0.15, 0.2) is 60.7 Å². The largest absolute Gasteiger partial charge is 0.388 e. The second-order valence-electron chi connectivity index (χ2n) is 4.80. The van der Waals surface area contributed by atoms with Crippen molar-refractivity contribution in [2.75, 3.05) is 6.54 Å². The number of aliphatic hydroxyl groups is 1. The lowest BCUT2D eigenvalue weighted by molar-refractivity contribution is 0.165. The normalized spacial score (nSPS) is 14.0. The Bertz CT molecular complexity index is 424. The summed E-state index contributed by atoms with van der Waals surface area (Å²) < 4.78 is 0. The first kappa shape index (κ1) is 13.8. The van der Waals surface area contributed by atoms with Gasteiger partial charge in [-0.15, -0.1) is 0 Å². The molecule has 0 bridgehead atoms. The van der Waals surface area contributed by atoms with Gasteiger partial charge < -0.3 is 10.4 Å². The van der Waals surface area contributed by atoms with Crippen LogP contribution in [-0.2, 0) is 0 Å². The first-order valence-electron chi connectivity index (χ1n) is 6.78. The maximum Gasteiger partial charge on any atom is 0.0802 e. The molecule has 0 radical (unpaired) electrons. The molecule has 0 saturated carbocycles. The molecule has 2 aromatic carbocycles. The average Bonchev–Trinajstić information content (AvgIpc) is 2.49. The van der Waals surface area contributed by atoms with E-state index in [4.69, 9.17) is 0 Å². The summed E-state index contributed by atoms with van der Waals surface area (Å²) in [6.07, 6.45) is 0.331. The maximum absolute atomic E-state index is 10.1. The number of hydrogen-bond donors (Lipinski definition) is 2. The predicted molar refractivity (Wildman–Crippen MR) is 78.9 cm³/mol. The summed E-state index contributed by atoms with van der Waals surface area (Å²) in [4.78, 5) is 0. The standard InChI is InChI=1S/C17H21NO/c1-14(15-8-4-2-5-9-15)18-13-12-17(19)16-10-6-3-7-11-16/h2-11,14,17-19H,12-13H2,1H3. The molecule has 0 amide bonds. The third kappa shape index (κ3) is 4.19. The summed E-state index contributed by atoms with van der Waals surface area (Å²) in [6.45, 7) is 2.94. The number of benzene rings is 2. The molecule has 2 aromatic rings. The Balaban J connectivity index is 1.78. The zero-order valence-corrected chi connectivity index (χ0v) is 11.3. The topological polar surface area (TPSA) is 32.3 Å². The Morgan fingerprint density at radius 3 is 2.00 bits per heavy atom. The van der Waals surface area contributed by atoms with E-state index in [1.807, 2.05) is 48.5 Å². The first-order chi connectivity index (χ1) is 9.27. The summed E-state index contributed by atoms with van der Waals surface area (Å²) >= 11 is 0. The van der Waals surface area contributed by atoms with Crippen LogP contribution in [-0.4, -0.2) is 11.7 Å². The molecule has 2 N–H and O–H groups in total. The van der Waals surface area contributed by atoms with Crippen molar-refractivity contribution in [2.45, 2.75) is 25.5 Å². The van der Waals surface area contributed by atoms with Gasteiger partial charge in [0.2, 0.25) is 0 Å². The number of nitrogens with one attached hydrogen (secondary N) is 1. The molecule has 2 nitrogen and oxygen atoms in total. The monoisotopic (exact) mass is 255 g/mol. The second-order valence-corrected chi connectivity index (χ2v) is 4.80. The van der Waals surface area contributed by atoms with Gasteiger partial charge in [-0.05, 0) is 31.0 Å². The van der Waals surface area contributed by atoms with E-state index < -0.39 is 6.10 Å². The molecular formula is C17H21NO. The fourth-order valence-corrected chi connectivity index (χ4v) is 2.14. The summed E-state index contributed by atoms with van der Waals surface area (Å²) in [7, 11) is 0. The van der Waals surface area contributed by atoms with Gasteiger partial charge in [0.05, 0.1) is 6.10 Å². The zero-order valence-electron chi connectivity index (χ0n) is 11.3. The third-order valence-corrected chi connectivity index (χ3v) is 3.35. The van der Waals surface area contributed by atoms with E-state index in [-0.39, 0.29) is 0 Å². The van der Waals surface area contributed by atoms with Gasteiger partial charge >= 0.3 is 0 Å². The van der Waals surface area contributed by atoms with Crippen molar-refractivity contribution in [3.05, 3.63) is 71.8 Å². The molecule has 100 valence electrons. The van der Waals surface area contributed by atoms with Crippen molar-refractivity contribution in [2.24, 2.45) is 0 Å². The van der Waals surface area contributed by atoms with Crippen LogP contribution in [0, 0.1) is 0 Å². The molecular weight excluding hydrogens is 234 g/mol. The summed E-state index contributed by atoms with van der Waals surface area (Å²) in [6, 6.07) is 20.5. The maximum atomic E-state index is 10.1. The van der Waals surface area contributed by atoms with Gasteiger partial charge in [-0.1, -0.05) is 60.7 Å². The fourth-order valence-electron chi connectivity index (χ4n) is 2.14. The molecule has 2 atom stereocenters. The van der Waals surface area contributed by atoms with Crippen molar-refractivity contribution in [1.82, 2.24) is 5.32 Å². The van der Waals surface area contributed by atoms with E-state index in [1.54, 1.807) is 0 Å². The van der Waals surface area contributed by atoms with E-state index in [2.05, 4.69) is 24.4 Å². The Morgan fingerprint density at radius 2 is 1.42 bits per heavy atom. The van der Waals surface area contributed by atoms with Crippen LogP contribution in [0.25, 0.3) is 0 Å². The lowest BCUT2D eigenvalue weighted by atomic mass is 10.1. The molecule has 0 heterocycles. The van der Waals surface area contributed by atoms with Crippen LogP contribution < -0.4 is 5.32 Å². The third-order valence-electron chi connectivity index (χ3n) is 3.35. The second kappa shape index (κ2) is 7.07. The Hall–Kier alpha value is -1.64. The SMILES string of the molecule is CC(NCCC(O)c1ccccc1)c1ccccc1. The highest BCUT2D eigenvalue weighted by molar-refractivity contribution is 5.18. The zero-order chi connectivity index (χ0) is 13.5. The van der Waals surface area contributed by atoms with Crippen LogP contribution in [0.3, 0.4) is 0 Å². The minimum Gasteiger partial charge on any atom is -0.388 e. The van der Waals surface area contributed by atoms with Crippen LogP contribution >= 0.6 is 0 Å². The number of aliphatic hydroxyl groups excluding tert-OH is 1. The Labute approximate surface area is 115 Å². The minimum atomic E-state index is -0.392. The van der Waals surface area contributed by atoms with Crippen molar-refractivity contribution < 1.29 is 5.11 Å². The number of hydrogen-bond acceptors (Lipinski definition) is 2. The van der Waals surface area contributed by atoms with Gasteiger partial charge in [-0.2, -0.15) is 0 Å².